The van der Waals surface area contributed by atoms with Gasteiger partial charge in [-0.05, 0) is 62.2 Å². The molecule has 3 aromatic rings. The Bertz CT molecular complexity index is 1260. The van der Waals surface area contributed by atoms with E-state index in [2.05, 4.69) is 15.4 Å². The van der Waals surface area contributed by atoms with Gasteiger partial charge in [-0.3, -0.25) is 14.3 Å². The van der Waals surface area contributed by atoms with Crippen LogP contribution in [0.2, 0.25) is 0 Å². The van der Waals surface area contributed by atoms with Crippen LogP contribution in [0.4, 0.5) is 11.4 Å². The Morgan fingerprint density at radius 3 is 2.24 bits per heavy atom. The van der Waals surface area contributed by atoms with Crippen LogP contribution in [0.25, 0.3) is 0 Å². The lowest BCUT2D eigenvalue weighted by molar-refractivity contribution is 0.0940. The van der Waals surface area contributed by atoms with E-state index in [1.54, 1.807) is 61.5 Å². The summed E-state index contributed by atoms with van der Waals surface area (Å²) in [6, 6.07) is 19.5. The molecule has 3 rings (SSSR count). The molecule has 0 spiro atoms. The van der Waals surface area contributed by atoms with Crippen LogP contribution >= 0.6 is 0 Å². The minimum absolute atomic E-state index is 0.00134. The van der Waals surface area contributed by atoms with Gasteiger partial charge < -0.3 is 10.6 Å². The summed E-state index contributed by atoms with van der Waals surface area (Å²) in [5, 5.41) is 5.65. The Morgan fingerprint density at radius 1 is 0.879 bits per heavy atom. The summed E-state index contributed by atoms with van der Waals surface area (Å²) in [5.74, 6) is -0.737. The van der Waals surface area contributed by atoms with E-state index < -0.39 is 15.9 Å². The van der Waals surface area contributed by atoms with Crippen molar-refractivity contribution in [3.05, 3.63) is 89.5 Å². The number of aryl methyl sites for hydroxylation is 1. The molecule has 0 radical (unpaired) electrons. The summed E-state index contributed by atoms with van der Waals surface area (Å²) in [6.45, 7) is 5.63. The van der Waals surface area contributed by atoms with Gasteiger partial charge in [-0.25, -0.2) is 8.42 Å². The Labute approximate surface area is 194 Å². The number of amides is 2. The molecule has 0 heterocycles. The molecule has 0 fully saturated rings. The van der Waals surface area contributed by atoms with Gasteiger partial charge in [0.1, 0.15) is 0 Å². The number of anilines is 2. The number of nitrogens with one attached hydrogen (secondary N) is 3. The third-order valence-corrected chi connectivity index (χ3v) is 6.59. The molecule has 0 aliphatic heterocycles. The SMILES string of the molecule is CC[C@H](C)NC(=O)c1ccccc1NC(=O)c1ccc(C)c(NS(=O)(=O)c2ccccc2)c1. The summed E-state index contributed by atoms with van der Waals surface area (Å²) in [6.07, 6.45) is 0.783. The van der Waals surface area contributed by atoms with Gasteiger partial charge in [0, 0.05) is 11.6 Å². The highest BCUT2D eigenvalue weighted by atomic mass is 32.2. The van der Waals surface area contributed by atoms with Crippen molar-refractivity contribution >= 4 is 33.2 Å². The highest BCUT2D eigenvalue weighted by Crippen LogP contribution is 2.23. The fourth-order valence-electron chi connectivity index (χ4n) is 3.06. The van der Waals surface area contributed by atoms with Crippen molar-refractivity contribution in [2.24, 2.45) is 0 Å². The lowest BCUT2D eigenvalue weighted by atomic mass is 10.1. The Kier molecular flexibility index (Phi) is 7.50. The quantitative estimate of drug-likeness (QED) is 0.453. The number of carbonyl (C=O) groups is 2. The van der Waals surface area contributed by atoms with Crippen LogP contribution in [-0.4, -0.2) is 26.3 Å². The number of sulfonamides is 1. The number of hydrogen-bond acceptors (Lipinski definition) is 4. The van der Waals surface area contributed by atoms with Crippen LogP contribution in [0.1, 0.15) is 46.5 Å². The third kappa shape index (κ3) is 5.98. The maximum absolute atomic E-state index is 12.9. The second-order valence-corrected chi connectivity index (χ2v) is 9.41. The van der Waals surface area contributed by atoms with Crippen LogP contribution in [0.5, 0.6) is 0 Å². The van der Waals surface area contributed by atoms with Crippen LogP contribution in [0.3, 0.4) is 0 Å². The molecule has 172 valence electrons. The first-order chi connectivity index (χ1) is 15.7. The molecule has 0 aliphatic rings. The Morgan fingerprint density at radius 2 is 1.55 bits per heavy atom. The van der Waals surface area contributed by atoms with E-state index in [1.165, 1.54) is 18.2 Å². The van der Waals surface area contributed by atoms with Crippen molar-refractivity contribution in [3.8, 4) is 0 Å². The van der Waals surface area contributed by atoms with E-state index in [0.29, 0.717) is 22.5 Å². The second kappa shape index (κ2) is 10.3. The molecule has 7 nitrogen and oxygen atoms in total. The Hall–Kier alpha value is -3.65. The van der Waals surface area contributed by atoms with E-state index in [0.717, 1.165) is 6.42 Å². The Balaban J connectivity index is 1.83. The first kappa shape index (κ1) is 24.0. The zero-order valence-electron chi connectivity index (χ0n) is 18.8. The first-order valence-corrected chi connectivity index (χ1v) is 12.1. The molecule has 0 unspecified atom stereocenters. The van der Waals surface area contributed by atoms with Crippen molar-refractivity contribution in [2.75, 3.05) is 10.0 Å². The van der Waals surface area contributed by atoms with Gasteiger partial charge in [0.2, 0.25) is 0 Å². The standard InChI is InChI=1S/C25H27N3O4S/c1-4-18(3)26-25(30)21-12-8-9-13-22(21)27-24(29)19-15-14-17(2)23(16-19)28-33(31,32)20-10-6-5-7-11-20/h5-16,18,28H,4H2,1-3H3,(H,26,30)(H,27,29)/t18-/m0/s1. The average molecular weight is 466 g/mol. The molecule has 3 aromatic carbocycles. The van der Waals surface area contributed by atoms with Crippen LogP contribution in [-0.2, 0) is 10.0 Å². The van der Waals surface area contributed by atoms with Crippen molar-refractivity contribution in [3.63, 3.8) is 0 Å². The molecule has 2 amide bonds. The highest BCUT2D eigenvalue weighted by Gasteiger charge is 2.18. The molecule has 8 heteroatoms. The summed E-state index contributed by atoms with van der Waals surface area (Å²) >= 11 is 0. The van der Waals surface area contributed by atoms with Gasteiger partial charge in [0.05, 0.1) is 21.8 Å². The second-order valence-electron chi connectivity index (χ2n) is 7.73. The molecule has 0 aromatic heterocycles. The van der Waals surface area contributed by atoms with E-state index in [-0.39, 0.29) is 22.4 Å². The maximum Gasteiger partial charge on any atom is 0.261 e. The molecule has 0 saturated carbocycles. The van der Waals surface area contributed by atoms with Gasteiger partial charge in [-0.15, -0.1) is 0 Å². The topological polar surface area (TPSA) is 104 Å². The normalized spacial score (nSPS) is 12.0. The van der Waals surface area contributed by atoms with Crippen LogP contribution < -0.4 is 15.4 Å². The van der Waals surface area contributed by atoms with E-state index in [1.807, 2.05) is 13.8 Å². The predicted molar refractivity (Wildman–Crippen MR) is 130 cm³/mol. The van der Waals surface area contributed by atoms with Gasteiger partial charge in [-0.2, -0.15) is 0 Å². The summed E-state index contributed by atoms with van der Waals surface area (Å²) in [5.41, 5.74) is 1.94. The molecule has 0 saturated heterocycles. The summed E-state index contributed by atoms with van der Waals surface area (Å²) in [7, 11) is -3.80. The van der Waals surface area contributed by atoms with Crippen LogP contribution in [0, 0.1) is 6.92 Å². The molecule has 1 atom stereocenters. The van der Waals surface area contributed by atoms with Gasteiger partial charge in [-0.1, -0.05) is 43.3 Å². The number of benzene rings is 3. The highest BCUT2D eigenvalue weighted by molar-refractivity contribution is 7.92. The van der Waals surface area contributed by atoms with E-state index in [9.17, 15) is 18.0 Å². The first-order valence-electron chi connectivity index (χ1n) is 10.6. The monoisotopic (exact) mass is 465 g/mol. The van der Waals surface area contributed by atoms with Crippen molar-refractivity contribution in [2.45, 2.75) is 38.1 Å². The number of carbonyl (C=O) groups excluding carboxylic acids is 2. The fourth-order valence-corrected chi connectivity index (χ4v) is 4.21. The molecule has 33 heavy (non-hydrogen) atoms. The summed E-state index contributed by atoms with van der Waals surface area (Å²) in [4.78, 5) is 25.7. The third-order valence-electron chi connectivity index (χ3n) is 5.21. The smallest absolute Gasteiger partial charge is 0.261 e. The minimum Gasteiger partial charge on any atom is -0.350 e. The van der Waals surface area contributed by atoms with Gasteiger partial charge >= 0.3 is 0 Å². The summed E-state index contributed by atoms with van der Waals surface area (Å²) < 4.78 is 28.0. The molecule has 0 bridgehead atoms. The molecular formula is C25H27N3O4S. The lowest BCUT2D eigenvalue weighted by Gasteiger charge is -2.15. The van der Waals surface area contributed by atoms with Gasteiger partial charge in [0.15, 0.2) is 0 Å². The molecule has 0 aliphatic carbocycles. The number of hydrogen-bond donors (Lipinski definition) is 3. The van der Waals surface area contributed by atoms with Crippen molar-refractivity contribution < 1.29 is 18.0 Å². The fraction of sp³-hybridized carbons (Fsp3) is 0.200. The van der Waals surface area contributed by atoms with E-state index >= 15 is 0 Å². The van der Waals surface area contributed by atoms with Gasteiger partial charge in [0.25, 0.3) is 21.8 Å². The van der Waals surface area contributed by atoms with Crippen LogP contribution in [0.15, 0.2) is 77.7 Å². The maximum atomic E-state index is 12.9. The lowest BCUT2D eigenvalue weighted by Crippen LogP contribution is -2.32. The molecule has 3 N–H and O–H groups in total. The average Bonchev–Trinajstić information content (AvgIpc) is 2.81. The van der Waals surface area contributed by atoms with E-state index in [4.69, 9.17) is 0 Å². The zero-order chi connectivity index (χ0) is 24.0. The number of rotatable bonds is 8. The van der Waals surface area contributed by atoms with Crippen molar-refractivity contribution in [1.82, 2.24) is 5.32 Å². The van der Waals surface area contributed by atoms with Crippen molar-refractivity contribution in [1.29, 1.82) is 0 Å². The number of para-hydroxylation sites is 1. The molecular weight excluding hydrogens is 438 g/mol. The largest absolute Gasteiger partial charge is 0.350 e. The predicted octanol–water partition coefficient (Wildman–Crippen LogP) is 4.58. The zero-order valence-corrected chi connectivity index (χ0v) is 19.6. The minimum atomic E-state index is -3.80.